The topological polar surface area (TPSA) is 75.8 Å². The van der Waals surface area contributed by atoms with E-state index in [9.17, 15) is 9.90 Å². The van der Waals surface area contributed by atoms with Gasteiger partial charge in [0.1, 0.15) is 0 Å². The van der Waals surface area contributed by atoms with Gasteiger partial charge in [-0.25, -0.2) is 0 Å². The van der Waals surface area contributed by atoms with E-state index >= 15 is 0 Å². The van der Waals surface area contributed by atoms with Crippen molar-refractivity contribution in [1.82, 2.24) is 4.90 Å². The van der Waals surface area contributed by atoms with Crippen molar-refractivity contribution >= 4 is 11.6 Å². The molecule has 1 aliphatic rings. The number of rotatable bonds is 2. The average Bonchev–Trinajstić information content (AvgIpc) is 2.58. The lowest BCUT2D eigenvalue weighted by Crippen LogP contribution is -2.33. The van der Waals surface area contributed by atoms with Gasteiger partial charge in [0.2, 0.25) is 0 Å². The molecule has 1 atom stereocenters. The maximum absolute atomic E-state index is 12.6. The number of carbonyl (C=O) groups excluding carboxylic acids is 1. The Hall–Kier alpha value is -1.75. The van der Waals surface area contributed by atoms with E-state index < -0.39 is 5.60 Å². The van der Waals surface area contributed by atoms with Gasteiger partial charge in [0.25, 0.3) is 5.91 Å². The van der Waals surface area contributed by atoms with Crippen LogP contribution in [0.15, 0.2) is 18.2 Å². The van der Waals surface area contributed by atoms with Crippen LogP contribution in [-0.2, 0) is 0 Å². The first-order chi connectivity index (χ1) is 9.44. The number of amides is 1. The van der Waals surface area contributed by atoms with Crippen molar-refractivity contribution in [3.8, 4) is 5.75 Å². The number of likely N-dealkylation sites (tertiary alicyclic amines) is 1. The zero-order valence-corrected chi connectivity index (χ0v) is 12.1. The molecule has 1 saturated heterocycles. The lowest BCUT2D eigenvalue weighted by molar-refractivity contribution is 0.0437. The van der Waals surface area contributed by atoms with Crippen molar-refractivity contribution in [2.24, 2.45) is 0 Å². The number of anilines is 1. The largest absolute Gasteiger partial charge is 0.494 e. The second-order valence-corrected chi connectivity index (χ2v) is 5.57. The predicted molar refractivity (Wildman–Crippen MR) is 77.8 cm³/mol. The summed E-state index contributed by atoms with van der Waals surface area (Å²) < 4.78 is 5.24. The number of ether oxygens (including phenoxy) is 1. The van der Waals surface area contributed by atoms with Crippen LogP contribution < -0.4 is 10.5 Å². The fourth-order valence-electron chi connectivity index (χ4n) is 2.59. The van der Waals surface area contributed by atoms with Crippen LogP contribution in [0.2, 0.25) is 0 Å². The summed E-state index contributed by atoms with van der Waals surface area (Å²) in [6.07, 6.45) is 2.09. The van der Waals surface area contributed by atoms with E-state index in [4.69, 9.17) is 10.5 Å². The van der Waals surface area contributed by atoms with Crippen LogP contribution in [0.4, 0.5) is 5.69 Å². The highest BCUT2D eigenvalue weighted by atomic mass is 16.5. The van der Waals surface area contributed by atoms with E-state index in [0.29, 0.717) is 42.9 Å². The molecule has 1 aromatic rings. The molecule has 5 nitrogen and oxygen atoms in total. The number of nitrogens with two attached hydrogens (primary N) is 1. The Morgan fingerprint density at radius 1 is 1.40 bits per heavy atom. The number of methoxy groups -OCH3 is 1. The first-order valence-electron chi connectivity index (χ1n) is 6.89. The molecule has 20 heavy (non-hydrogen) atoms. The molecule has 0 bridgehead atoms. The van der Waals surface area contributed by atoms with Crippen molar-refractivity contribution in [2.75, 3.05) is 25.9 Å². The van der Waals surface area contributed by atoms with Gasteiger partial charge in [-0.1, -0.05) is 6.07 Å². The lowest BCUT2D eigenvalue weighted by atomic mass is 9.98. The van der Waals surface area contributed by atoms with Crippen LogP contribution in [0.5, 0.6) is 5.75 Å². The number of aliphatic hydroxyl groups is 1. The fraction of sp³-hybridized carbons (Fsp3) is 0.533. The summed E-state index contributed by atoms with van der Waals surface area (Å²) in [6, 6.07) is 5.18. The Labute approximate surface area is 119 Å². The van der Waals surface area contributed by atoms with E-state index in [2.05, 4.69) is 0 Å². The van der Waals surface area contributed by atoms with Crippen LogP contribution in [0.3, 0.4) is 0 Å². The number of nitrogen functional groups attached to an aromatic ring is 1. The molecule has 5 heteroatoms. The monoisotopic (exact) mass is 278 g/mol. The molecule has 1 amide bonds. The SMILES string of the molecule is COc1c(N)cccc1C(=O)N1CCCC(C)(O)CC1. The van der Waals surface area contributed by atoms with Gasteiger partial charge in [-0.3, -0.25) is 4.79 Å². The van der Waals surface area contributed by atoms with Gasteiger partial charge < -0.3 is 20.5 Å². The summed E-state index contributed by atoms with van der Waals surface area (Å²) in [4.78, 5) is 14.4. The van der Waals surface area contributed by atoms with Crippen LogP contribution in [0.25, 0.3) is 0 Å². The summed E-state index contributed by atoms with van der Waals surface area (Å²) in [5.41, 5.74) is 6.09. The molecule has 3 N–H and O–H groups in total. The van der Waals surface area contributed by atoms with Crippen molar-refractivity contribution in [3.63, 3.8) is 0 Å². The number of carbonyl (C=O) groups is 1. The molecule has 1 fully saturated rings. The molecule has 110 valence electrons. The fourth-order valence-corrected chi connectivity index (χ4v) is 2.59. The van der Waals surface area contributed by atoms with Crippen LogP contribution in [0.1, 0.15) is 36.5 Å². The Balaban J connectivity index is 2.21. The van der Waals surface area contributed by atoms with Crippen molar-refractivity contribution in [1.29, 1.82) is 0 Å². The highest BCUT2D eigenvalue weighted by molar-refractivity contribution is 5.98. The summed E-state index contributed by atoms with van der Waals surface area (Å²) in [7, 11) is 1.51. The predicted octanol–water partition coefficient (Wildman–Crippen LogP) is 1.65. The molecule has 0 aromatic heterocycles. The lowest BCUT2D eigenvalue weighted by Gasteiger charge is -2.23. The molecule has 1 aromatic carbocycles. The Morgan fingerprint density at radius 3 is 2.85 bits per heavy atom. The third-order valence-corrected chi connectivity index (χ3v) is 3.83. The van der Waals surface area contributed by atoms with Gasteiger partial charge >= 0.3 is 0 Å². The summed E-state index contributed by atoms with van der Waals surface area (Å²) >= 11 is 0. The van der Waals surface area contributed by atoms with Crippen molar-refractivity contribution in [2.45, 2.75) is 31.8 Å². The van der Waals surface area contributed by atoms with E-state index in [1.165, 1.54) is 7.11 Å². The molecule has 0 spiro atoms. The molecule has 1 unspecified atom stereocenters. The van der Waals surface area contributed by atoms with Gasteiger partial charge in [0.15, 0.2) is 5.75 Å². The standard InChI is InChI=1S/C15H22N2O3/c1-15(19)7-4-9-17(10-8-15)14(18)11-5-3-6-12(16)13(11)20-2/h3,5-6,19H,4,7-10,16H2,1-2H3. The second kappa shape index (κ2) is 5.71. The minimum atomic E-state index is -0.686. The number of nitrogens with zero attached hydrogens (tertiary/aromatic N) is 1. The van der Waals surface area contributed by atoms with Crippen LogP contribution in [0, 0.1) is 0 Å². The van der Waals surface area contributed by atoms with Crippen molar-refractivity contribution in [3.05, 3.63) is 23.8 Å². The number of hydrogen-bond acceptors (Lipinski definition) is 4. The highest BCUT2D eigenvalue weighted by Gasteiger charge is 2.28. The number of benzene rings is 1. The Bertz CT molecular complexity index is 500. The van der Waals surface area contributed by atoms with E-state index in [1.807, 2.05) is 6.92 Å². The zero-order chi connectivity index (χ0) is 14.8. The molecule has 0 radical (unpaired) electrons. The molecule has 2 rings (SSSR count). The second-order valence-electron chi connectivity index (χ2n) is 5.57. The van der Waals surface area contributed by atoms with Crippen molar-refractivity contribution < 1.29 is 14.6 Å². The van der Waals surface area contributed by atoms with Crippen LogP contribution in [-0.4, -0.2) is 41.7 Å². The minimum absolute atomic E-state index is 0.0909. The first kappa shape index (κ1) is 14.7. The molecular weight excluding hydrogens is 256 g/mol. The van der Waals surface area contributed by atoms with Gasteiger partial charge in [-0.05, 0) is 38.3 Å². The van der Waals surface area contributed by atoms with Crippen LogP contribution >= 0.6 is 0 Å². The molecule has 1 aliphatic heterocycles. The van der Waals surface area contributed by atoms with E-state index in [1.54, 1.807) is 23.1 Å². The van der Waals surface area contributed by atoms with Gasteiger partial charge in [-0.15, -0.1) is 0 Å². The van der Waals surface area contributed by atoms with Gasteiger partial charge in [0.05, 0.1) is 24.0 Å². The maximum Gasteiger partial charge on any atom is 0.257 e. The van der Waals surface area contributed by atoms with Gasteiger partial charge in [-0.2, -0.15) is 0 Å². The zero-order valence-electron chi connectivity index (χ0n) is 12.1. The molecule has 1 heterocycles. The smallest absolute Gasteiger partial charge is 0.257 e. The third-order valence-electron chi connectivity index (χ3n) is 3.83. The Morgan fingerprint density at radius 2 is 2.15 bits per heavy atom. The number of hydrogen-bond donors (Lipinski definition) is 2. The van der Waals surface area contributed by atoms with E-state index in [0.717, 1.165) is 6.42 Å². The van der Waals surface area contributed by atoms with Gasteiger partial charge in [0, 0.05) is 13.1 Å². The number of para-hydroxylation sites is 1. The average molecular weight is 278 g/mol. The van der Waals surface area contributed by atoms with E-state index in [-0.39, 0.29) is 5.91 Å². The molecular formula is C15H22N2O3. The summed E-state index contributed by atoms with van der Waals surface area (Å²) in [5, 5.41) is 10.1. The maximum atomic E-state index is 12.6. The normalized spacial score (nSPS) is 23.2. The summed E-state index contributed by atoms with van der Waals surface area (Å²) in [5.74, 6) is 0.334. The first-order valence-corrected chi connectivity index (χ1v) is 6.89. The third kappa shape index (κ3) is 3.04. The molecule has 0 aliphatic carbocycles. The quantitative estimate of drug-likeness (QED) is 0.807. The molecule has 0 saturated carbocycles. The highest BCUT2D eigenvalue weighted by Crippen LogP contribution is 2.29. The minimum Gasteiger partial charge on any atom is -0.494 e. The summed E-state index contributed by atoms with van der Waals surface area (Å²) in [6.45, 7) is 3.01. The Kier molecular flexibility index (Phi) is 4.18.